The van der Waals surface area contributed by atoms with Crippen LogP contribution in [-0.2, 0) is 11.3 Å². The molecule has 3 N–H and O–H groups in total. The predicted octanol–water partition coefficient (Wildman–Crippen LogP) is 1.76. The summed E-state index contributed by atoms with van der Waals surface area (Å²) in [5.74, 6) is -0.0396. The Morgan fingerprint density at radius 2 is 2.21 bits per heavy atom. The SMILES string of the molecule is NC(=O)c1cccc(CNC(=O)CC2C=CCC2)c1. The van der Waals surface area contributed by atoms with E-state index in [1.807, 2.05) is 6.07 Å². The van der Waals surface area contributed by atoms with E-state index in [0.717, 1.165) is 18.4 Å². The van der Waals surface area contributed by atoms with Crippen LogP contribution in [0.25, 0.3) is 0 Å². The molecule has 0 saturated heterocycles. The van der Waals surface area contributed by atoms with Crippen LogP contribution >= 0.6 is 0 Å². The number of nitrogens with one attached hydrogen (secondary N) is 1. The first-order valence-corrected chi connectivity index (χ1v) is 6.47. The highest BCUT2D eigenvalue weighted by atomic mass is 16.1. The summed E-state index contributed by atoms with van der Waals surface area (Å²) in [6.45, 7) is 0.427. The average Bonchev–Trinajstić information content (AvgIpc) is 2.89. The molecule has 0 radical (unpaired) electrons. The van der Waals surface area contributed by atoms with Crippen molar-refractivity contribution in [1.82, 2.24) is 5.32 Å². The topological polar surface area (TPSA) is 72.2 Å². The first kappa shape index (κ1) is 13.3. The summed E-state index contributed by atoms with van der Waals surface area (Å²) in [5, 5.41) is 2.87. The molecule has 19 heavy (non-hydrogen) atoms. The number of amides is 2. The molecule has 1 unspecified atom stereocenters. The highest BCUT2D eigenvalue weighted by Gasteiger charge is 2.13. The van der Waals surface area contributed by atoms with Gasteiger partial charge in [0, 0.05) is 18.5 Å². The lowest BCUT2D eigenvalue weighted by molar-refractivity contribution is -0.121. The highest BCUT2D eigenvalue weighted by Crippen LogP contribution is 2.20. The van der Waals surface area contributed by atoms with Crippen LogP contribution in [0.3, 0.4) is 0 Å². The zero-order chi connectivity index (χ0) is 13.7. The van der Waals surface area contributed by atoms with Crippen molar-refractivity contribution in [2.75, 3.05) is 0 Å². The van der Waals surface area contributed by atoms with E-state index in [2.05, 4.69) is 17.5 Å². The summed E-state index contributed by atoms with van der Waals surface area (Å²) >= 11 is 0. The van der Waals surface area contributed by atoms with Gasteiger partial charge in [0.1, 0.15) is 0 Å². The number of nitrogens with two attached hydrogens (primary N) is 1. The summed E-state index contributed by atoms with van der Waals surface area (Å²) < 4.78 is 0. The Hall–Kier alpha value is -2.10. The Morgan fingerprint density at radius 1 is 1.37 bits per heavy atom. The van der Waals surface area contributed by atoms with Gasteiger partial charge in [-0.2, -0.15) is 0 Å². The van der Waals surface area contributed by atoms with Crippen LogP contribution in [0.1, 0.15) is 35.2 Å². The molecule has 2 amide bonds. The molecule has 1 aromatic carbocycles. The normalized spacial score (nSPS) is 17.4. The summed E-state index contributed by atoms with van der Waals surface area (Å²) in [6, 6.07) is 7.00. The Bertz CT molecular complexity index is 509. The lowest BCUT2D eigenvalue weighted by Gasteiger charge is -2.09. The molecule has 100 valence electrons. The van der Waals surface area contributed by atoms with Gasteiger partial charge in [-0.05, 0) is 36.5 Å². The fourth-order valence-corrected chi connectivity index (χ4v) is 2.21. The van der Waals surface area contributed by atoms with E-state index in [9.17, 15) is 9.59 Å². The Labute approximate surface area is 112 Å². The van der Waals surface area contributed by atoms with Crippen LogP contribution in [0.15, 0.2) is 36.4 Å². The number of hydrogen-bond donors (Lipinski definition) is 2. The molecule has 2 rings (SSSR count). The van der Waals surface area contributed by atoms with Crippen molar-refractivity contribution in [2.45, 2.75) is 25.8 Å². The molecule has 1 aliphatic carbocycles. The van der Waals surface area contributed by atoms with Crippen LogP contribution < -0.4 is 11.1 Å². The minimum atomic E-state index is -0.454. The smallest absolute Gasteiger partial charge is 0.248 e. The second-order valence-corrected chi connectivity index (χ2v) is 4.81. The molecule has 1 aromatic rings. The molecule has 0 aromatic heterocycles. The molecule has 1 aliphatic rings. The van der Waals surface area contributed by atoms with Gasteiger partial charge in [-0.1, -0.05) is 24.3 Å². The summed E-state index contributed by atoms with van der Waals surface area (Å²) in [7, 11) is 0. The molecular formula is C15H18N2O2. The van der Waals surface area contributed by atoms with Crippen molar-refractivity contribution in [3.05, 3.63) is 47.5 Å². The van der Waals surface area contributed by atoms with E-state index in [0.29, 0.717) is 24.4 Å². The maximum absolute atomic E-state index is 11.8. The Morgan fingerprint density at radius 3 is 2.89 bits per heavy atom. The summed E-state index contributed by atoms with van der Waals surface area (Å²) in [4.78, 5) is 22.8. The number of carbonyl (C=O) groups excluding carboxylic acids is 2. The second-order valence-electron chi connectivity index (χ2n) is 4.81. The maximum atomic E-state index is 11.8. The average molecular weight is 258 g/mol. The van der Waals surface area contributed by atoms with Crippen molar-refractivity contribution < 1.29 is 9.59 Å². The van der Waals surface area contributed by atoms with Crippen molar-refractivity contribution in [3.63, 3.8) is 0 Å². The van der Waals surface area contributed by atoms with Gasteiger partial charge in [0.25, 0.3) is 0 Å². The molecular weight excluding hydrogens is 240 g/mol. The molecule has 0 heterocycles. The predicted molar refractivity (Wildman–Crippen MR) is 73.3 cm³/mol. The Kier molecular flexibility index (Phi) is 4.34. The maximum Gasteiger partial charge on any atom is 0.248 e. The van der Waals surface area contributed by atoms with Crippen LogP contribution in [0, 0.1) is 5.92 Å². The van der Waals surface area contributed by atoms with Crippen molar-refractivity contribution >= 4 is 11.8 Å². The highest BCUT2D eigenvalue weighted by molar-refractivity contribution is 5.92. The summed E-state index contributed by atoms with van der Waals surface area (Å²) in [5.41, 5.74) is 6.56. The van der Waals surface area contributed by atoms with Gasteiger partial charge < -0.3 is 11.1 Å². The monoisotopic (exact) mass is 258 g/mol. The van der Waals surface area contributed by atoms with Gasteiger partial charge in [0.15, 0.2) is 0 Å². The van der Waals surface area contributed by atoms with Gasteiger partial charge in [-0.25, -0.2) is 0 Å². The third-order valence-corrected chi connectivity index (χ3v) is 3.26. The minimum Gasteiger partial charge on any atom is -0.366 e. The van der Waals surface area contributed by atoms with Crippen LogP contribution in [0.2, 0.25) is 0 Å². The van der Waals surface area contributed by atoms with Gasteiger partial charge in [-0.3, -0.25) is 9.59 Å². The first-order chi connectivity index (χ1) is 9.15. The lowest BCUT2D eigenvalue weighted by Crippen LogP contribution is -2.24. The van der Waals surface area contributed by atoms with Gasteiger partial charge in [0.05, 0.1) is 0 Å². The van der Waals surface area contributed by atoms with Crippen LogP contribution in [-0.4, -0.2) is 11.8 Å². The molecule has 4 heteroatoms. The quantitative estimate of drug-likeness (QED) is 0.790. The molecule has 0 bridgehead atoms. The number of carbonyl (C=O) groups is 2. The van der Waals surface area contributed by atoms with Gasteiger partial charge >= 0.3 is 0 Å². The zero-order valence-electron chi connectivity index (χ0n) is 10.8. The molecule has 4 nitrogen and oxygen atoms in total. The Balaban J connectivity index is 1.84. The molecule has 0 aliphatic heterocycles. The zero-order valence-corrected chi connectivity index (χ0v) is 10.8. The van der Waals surface area contributed by atoms with Crippen molar-refractivity contribution in [2.24, 2.45) is 11.7 Å². The second kappa shape index (κ2) is 6.18. The van der Waals surface area contributed by atoms with E-state index in [-0.39, 0.29) is 5.91 Å². The standard InChI is InChI=1S/C15H18N2O2/c16-15(19)13-7-3-6-12(8-13)10-17-14(18)9-11-4-1-2-5-11/h1,3-4,6-8,11H,2,5,9-10H2,(H2,16,19)(H,17,18). The molecule has 0 spiro atoms. The van der Waals surface area contributed by atoms with Gasteiger partial charge in [0.2, 0.25) is 11.8 Å². The number of benzene rings is 1. The van der Waals surface area contributed by atoms with Crippen LogP contribution in [0.5, 0.6) is 0 Å². The van der Waals surface area contributed by atoms with Gasteiger partial charge in [-0.15, -0.1) is 0 Å². The number of primary amides is 1. The molecule has 0 saturated carbocycles. The van der Waals surface area contributed by atoms with Crippen molar-refractivity contribution in [3.8, 4) is 0 Å². The molecule has 1 atom stereocenters. The van der Waals surface area contributed by atoms with E-state index in [1.165, 1.54) is 0 Å². The summed E-state index contributed by atoms with van der Waals surface area (Å²) in [6.07, 6.45) is 6.89. The van der Waals surface area contributed by atoms with E-state index in [1.54, 1.807) is 18.2 Å². The largest absolute Gasteiger partial charge is 0.366 e. The van der Waals surface area contributed by atoms with E-state index in [4.69, 9.17) is 5.73 Å². The molecule has 0 fully saturated rings. The number of allylic oxidation sites excluding steroid dienone is 2. The van der Waals surface area contributed by atoms with Crippen molar-refractivity contribution in [1.29, 1.82) is 0 Å². The number of rotatable bonds is 5. The lowest BCUT2D eigenvalue weighted by atomic mass is 10.0. The third kappa shape index (κ3) is 3.95. The van der Waals surface area contributed by atoms with Crippen LogP contribution in [0.4, 0.5) is 0 Å². The fourth-order valence-electron chi connectivity index (χ4n) is 2.21. The number of hydrogen-bond acceptors (Lipinski definition) is 2. The van der Waals surface area contributed by atoms with E-state index < -0.39 is 5.91 Å². The fraction of sp³-hybridized carbons (Fsp3) is 0.333. The first-order valence-electron chi connectivity index (χ1n) is 6.47. The minimum absolute atomic E-state index is 0.0426. The van der Waals surface area contributed by atoms with E-state index >= 15 is 0 Å². The third-order valence-electron chi connectivity index (χ3n) is 3.26.